The molecule has 1 fully saturated rings. The maximum absolute atomic E-state index is 5.87. The minimum Gasteiger partial charge on any atom is -0.399 e. The van der Waals surface area contributed by atoms with Gasteiger partial charge in [0, 0.05) is 43.8 Å². The molecule has 4 nitrogen and oxygen atoms in total. The maximum Gasteiger partial charge on any atom is 0.129 e. The van der Waals surface area contributed by atoms with Gasteiger partial charge in [0.05, 0.1) is 5.52 Å². The van der Waals surface area contributed by atoms with E-state index < -0.39 is 0 Å². The van der Waals surface area contributed by atoms with E-state index in [1.807, 2.05) is 18.2 Å². The van der Waals surface area contributed by atoms with E-state index in [1.54, 1.807) is 0 Å². The van der Waals surface area contributed by atoms with Crippen LogP contribution in [0.15, 0.2) is 60.7 Å². The number of hydrogen-bond donors (Lipinski definition) is 1. The quantitative estimate of drug-likeness (QED) is 0.686. The van der Waals surface area contributed by atoms with Crippen LogP contribution in [0, 0.1) is 0 Å². The summed E-state index contributed by atoms with van der Waals surface area (Å²) < 4.78 is 0. The number of nitrogens with two attached hydrogens (primary N) is 1. The molecule has 138 valence electrons. The van der Waals surface area contributed by atoms with E-state index in [9.17, 15) is 0 Å². The Hall–Kier alpha value is -2.01. The normalized spacial score (nSPS) is 14.5. The molecule has 0 unspecified atom stereocenters. The van der Waals surface area contributed by atoms with Gasteiger partial charge in [0.1, 0.15) is 5.82 Å². The molecular weight excluding hydrogens is 367 g/mol. The number of pyridine rings is 1. The summed E-state index contributed by atoms with van der Waals surface area (Å²) in [5, 5.41) is 1.20. The predicted octanol–water partition coefficient (Wildman–Crippen LogP) is 3.98. The van der Waals surface area contributed by atoms with Gasteiger partial charge in [-0.2, -0.15) is 0 Å². The first kappa shape index (κ1) is 20.3. The zero-order chi connectivity index (χ0) is 16.4. The van der Waals surface area contributed by atoms with Crippen LogP contribution in [-0.4, -0.2) is 36.1 Å². The van der Waals surface area contributed by atoms with E-state index in [1.165, 1.54) is 10.9 Å². The number of para-hydroxylation sites is 1. The molecule has 3 aromatic rings. The van der Waals surface area contributed by atoms with Crippen molar-refractivity contribution < 1.29 is 0 Å². The third kappa shape index (κ3) is 4.58. The smallest absolute Gasteiger partial charge is 0.129 e. The molecule has 26 heavy (non-hydrogen) atoms. The number of anilines is 2. The van der Waals surface area contributed by atoms with Gasteiger partial charge in [-0.05, 0) is 35.9 Å². The van der Waals surface area contributed by atoms with E-state index in [-0.39, 0.29) is 24.8 Å². The van der Waals surface area contributed by atoms with Crippen molar-refractivity contribution in [3.05, 3.63) is 66.2 Å². The molecule has 0 amide bonds. The number of benzene rings is 2. The molecule has 1 aliphatic rings. The first-order chi connectivity index (χ1) is 11.8. The molecule has 0 saturated carbocycles. The Labute approximate surface area is 166 Å². The molecule has 1 saturated heterocycles. The van der Waals surface area contributed by atoms with Crippen molar-refractivity contribution in [1.82, 2.24) is 9.88 Å². The van der Waals surface area contributed by atoms with Gasteiger partial charge >= 0.3 is 0 Å². The number of nitrogen functional groups attached to an aromatic ring is 1. The molecule has 0 spiro atoms. The predicted molar refractivity (Wildman–Crippen MR) is 115 cm³/mol. The van der Waals surface area contributed by atoms with Crippen molar-refractivity contribution in [2.24, 2.45) is 0 Å². The monoisotopic (exact) mass is 390 g/mol. The summed E-state index contributed by atoms with van der Waals surface area (Å²) in [5.74, 6) is 1.08. The average molecular weight is 391 g/mol. The van der Waals surface area contributed by atoms with E-state index in [0.717, 1.165) is 49.7 Å². The first-order valence-electron chi connectivity index (χ1n) is 8.45. The van der Waals surface area contributed by atoms with Crippen molar-refractivity contribution in [1.29, 1.82) is 0 Å². The number of nitrogens with zero attached hydrogens (tertiary/aromatic N) is 3. The highest BCUT2D eigenvalue weighted by Crippen LogP contribution is 2.20. The lowest BCUT2D eigenvalue weighted by molar-refractivity contribution is 0.249. The number of aromatic nitrogens is 1. The lowest BCUT2D eigenvalue weighted by Gasteiger charge is -2.35. The van der Waals surface area contributed by atoms with Gasteiger partial charge in [0.15, 0.2) is 0 Å². The Kier molecular flexibility index (Phi) is 7.09. The van der Waals surface area contributed by atoms with Gasteiger partial charge < -0.3 is 10.6 Å². The third-order valence-corrected chi connectivity index (χ3v) is 4.64. The van der Waals surface area contributed by atoms with Crippen LogP contribution >= 0.6 is 24.8 Å². The number of piperazine rings is 1. The molecule has 1 aliphatic heterocycles. The maximum atomic E-state index is 5.87. The van der Waals surface area contributed by atoms with Crippen LogP contribution < -0.4 is 10.6 Å². The summed E-state index contributed by atoms with van der Waals surface area (Å²) in [7, 11) is 0. The molecule has 1 aromatic heterocycles. The van der Waals surface area contributed by atoms with Crippen LogP contribution in [0.5, 0.6) is 0 Å². The molecule has 0 atom stereocenters. The molecular formula is C20H24Cl2N4. The molecule has 2 aromatic carbocycles. The highest BCUT2D eigenvalue weighted by Gasteiger charge is 2.18. The summed E-state index contributed by atoms with van der Waals surface area (Å²) >= 11 is 0. The van der Waals surface area contributed by atoms with Gasteiger partial charge in [0.25, 0.3) is 0 Å². The molecule has 4 rings (SSSR count). The molecule has 0 radical (unpaired) electrons. The van der Waals surface area contributed by atoms with Crippen molar-refractivity contribution >= 4 is 47.2 Å². The second kappa shape index (κ2) is 9.08. The van der Waals surface area contributed by atoms with E-state index >= 15 is 0 Å². The fourth-order valence-electron chi connectivity index (χ4n) is 3.32. The SMILES string of the molecule is Cl.Cl.Nc1cccc(CN2CCN(c3ccc4ccccc4n3)CC2)c1. The lowest BCUT2D eigenvalue weighted by atomic mass is 10.1. The van der Waals surface area contributed by atoms with Crippen LogP contribution in [0.4, 0.5) is 11.5 Å². The number of halogens is 2. The van der Waals surface area contributed by atoms with Crippen molar-refractivity contribution in [3.63, 3.8) is 0 Å². The number of rotatable bonds is 3. The second-order valence-electron chi connectivity index (χ2n) is 6.37. The Morgan fingerprint density at radius 1 is 0.846 bits per heavy atom. The van der Waals surface area contributed by atoms with Crippen molar-refractivity contribution in [3.8, 4) is 0 Å². The Balaban J connectivity index is 0.00000121. The summed E-state index contributed by atoms with van der Waals surface area (Å²) in [6.07, 6.45) is 0. The van der Waals surface area contributed by atoms with Crippen LogP contribution in [0.3, 0.4) is 0 Å². The Morgan fingerprint density at radius 3 is 2.38 bits per heavy atom. The molecule has 0 bridgehead atoms. The van der Waals surface area contributed by atoms with Gasteiger partial charge in [-0.3, -0.25) is 4.90 Å². The lowest BCUT2D eigenvalue weighted by Crippen LogP contribution is -2.46. The fourth-order valence-corrected chi connectivity index (χ4v) is 3.32. The summed E-state index contributed by atoms with van der Waals surface area (Å²) in [6, 6.07) is 20.8. The highest BCUT2D eigenvalue weighted by atomic mass is 35.5. The minimum absolute atomic E-state index is 0. The average Bonchev–Trinajstić information content (AvgIpc) is 2.62. The summed E-state index contributed by atoms with van der Waals surface area (Å²) in [6.45, 7) is 5.07. The number of fused-ring (bicyclic) bond motifs is 1. The molecule has 2 heterocycles. The van der Waals surface area contributed by atoms with E-state index in [2.05, 4.69) is 52.3 Å². The summed E-state index contributed by atoms with van der Waals surface area (Å²) in [5.41, 5.74) is 9.06. The third-order valence-electron chi connectivity index (χ3n) is 4.64. The largest absolute Gasteiger partial charge is 0.399 e. The Morgan fingerprint density at radius 2 is 1.62 bits per heavy atom. The number of hydrogen-bond acceptors (Lipinski definition) is 4. The summed E-state index contributed by atoms with van der Waals surface area (Å²) in [4.78, 5) is 9.67. The van der Waals surface area contributed by atoms with Crippen molar-refractivity contribution in [2.45, 2.75) is 6.54 Å². The van der Waals surface area contributed by atoms with Crippen molar-refractivity contribution in [2.75, 3.05) is 36.8 Å². The second-order valence-corrected chi connectivity index (χ2v) is 6.37. The minimum atomic E-state index is 0. The zero-order valence-corrected chi connectivity index (χ0v) is 16.2. The van der Waals surface area contributed by atoms with Gasteiger partial charge in [-0.1, -0.05) is 30.3 Å². The topological polar surface area (TPSA) is 45.4 Å². The van der Waals surface area contributed by atoms with Gasteiger partial charge in [0.2, 0.25) is 0 Å². The van der Waals surface area contributed by atoms with Gasteiger partial charge in [-0.25, -0.2) is 4.98 Å². The van der Waals surface area contributed by atoms with E-state index in [0.29, 0.717) is 0 Å². The van der Waals surface area contributed by atoms with Crippen LogP contribution in [-0.2, 0) is 6.54 Å². The molecule has 6 heteroatoms. The van der Waals surface area contributed by atoms with E-state index in [4.69, 9.17) is 10.7 Å². The highest BCUT2D eigenvalue weighted by molar-refractivity contribution is 5.85. The first-order valence-corrected chi connectivity index (χ1v) is 8.45. The Bertz CT molecular complexity index is 848. The van der Waals surface area contributed by atoms with Crippen LogP contribution in [0.2, 0.25) is 0 Å². The molecule has 2 N–H and O–H groups in total. The zero-order valence-electron chi connectivity index (χ0n) is 14.5. The molecule has 0 aliphatic carbocycles. The standard InChI is InChI=1S/C20H22N4.2ClH/c21-18-6-3-4-16(14-18)15-23-10-12-24(13-11-23)20-9-8-17-5-1-2-7-19(17)22-20;;/h1-9,14H,10-13,15,21H2;2*1H. The van der Waals surface area contributed by atoms with Crippen LogP contribution in [0.25, 0.3) is 10.9 Å². The van der Waals surface area contributed by atoms with Gasteiger partial charge in [-0.15, -0.1) is 24.8 Å². The fraction of sp³-hybridized carbons (Fsp3) is 0.250. The van der Waals surface area contributed by atoms with Crippen LogP contribution in [0.1, 0.15) is 5.56 Å².